The largest absolute Gasteiger partial charge is 0.337 e. The van der Waals surface area contributed by atoms with E-state index < -0.39 is 0 Å². The highest BCUT2D eigenvalue weighted by Crippen LogP contribution is 2.22. The molecule has 0 aliphatic carbocycles. The normalized spacial score (nSPS) is 10.3. The summed E-state index contributed by atoms with van der Waals surface area (Å²) in [4.78, 5) is 28.0. The van der Waals surface area contributed by atoms with Crippen molar-refractivity contribution in [3.63, 3.8) is 0 Å². The monoisotopic (exact) mass is 282 g/mol. The number of hydrogen-bond acceptors (Lipinski definition) is 3. The number of carbonyl (C=O) groups excluding carboxylic acids is 1. The molecule has 2 aromatic rings. The Balaban J connectivity index is 2.09. The van der Waals surface area contributed by atoms with Gasteiger partial charge in [0.1, 0.15) is 0 Å². The van der Waals surface area contributed by atoms with Crippen molar-refractivity contribution in [2.75, 3.05) is 7.05 Å². The summed E-state index contributed by atoms with van der Waals surface area (Å²) in [5, 5.41) is 0. The van der Waals surface area contributed by atoms with Gasteiger partial charge in [-0.15, -0.1) is 11.3 Å². The number of rotatable bonds is 3. The molecule has 0 aliphatic rings. The molecule has 0 saturated heterocycles. The van der Waals surface area contributed by atoms with Crippen molar-refractivity contribution in [3.05, 3.63) is 55.6 Å². The number of thiophene rings is 1. The van der Waals surface area contributed by atoms with Gasteiger partial charge in [-0.2, -0.15) is 0 Å². The van der Waals surface area contributed by atoms with Crippen LogP contribution in [-0.4, -0.2) is 22.8 Å². The first-order valence-corrected chi connectivity index (χ1v) is 6.44. The molecule has 1 amide bonds. The minimum absolute atomic E-state index is 0.143. The van der Waals surface area contributed by atoms with Gasteiger partial charge < -0.3 is 9.88 Å². The Hall–Kier alpha value is -1.59. The van der Waals surface area contributed by atoms with Crippen molar-refractivity contribution in [2.45, 2.75) is 6.54 Å². The van der Waals surface area contributed by atoms with E-state index in [9.17, 15) is 9.59 Å². The number of hydrogen-bond donors (Lipinski definition) is 1. The summed E-state index contributed by atoms with van der Waals surface area (Å²) in [5.41, 5.74) is 0.235. The average molecular weight is 283 g/mol. The number of carbonyl (C=O) groups is 1. The van der Waals surface area contributed by atoms with E-state index >= 15 is 0 Å². The number of amides is 1. The van der Waals surface area contributed by atoms with Crippen LogP contribution in [0, 0.1) is 0 Å². The highest BCUT2D eigenvalue weighted by molar-refractivity contribution is 7.16. The highest BCUT2D eigenvalue weighted by atomic mass is 35.5. The van der Waals surface area contributed by atoms with Gasteiger partial charge in [0.05, 0.1) is 16.4 Å². The fourth-order valence-corrected chi connectivity index (χ4v) is 2.65. The molecule has 2 heterocycles. The van der Waals surface area contributed by atoms with E-state index in [1.165, 1.54) is 29.7 Å². The molecule has 2 rings (SSSR count). The summed E-state index contributed by atoms with van der Waals surface area (Å²) in [5.74, 6) is -0.143. The standard InChI is InChI=1S/C12H11ClN2O2S/c1-15(7-9-3-4-10(13)18-9)12(17)8-2-5-11(16)14-6-8/h2-6H,7H2,1H3,(H,14,16). The van der Waals surface area contributed by atoms with Crippen molar-refractivity contribution >= 4 is 28.8 Å². The number of nitrogens with one attached hydrogen (secondary N) is 1. The fraction of sp³-hybridized carbons (Fsp3) is 0.167. The fourth-order valence-electron chi connectivity index (χ4n) is 1.51. The number of pyridine rings is 1. The molecule has 6 heteroatoms. The Morgan fingerprint density at radius 1 is 1.39 bits per heavy atom. The Morgan fingerprint density at radius 2 is 2.17 bits per heavy atom. The molecule has 18 heavy (non-hydrogen) atoms. The van der Waals surface area contributed by atoms with Crippen LogP contribution in [0.3, 0.4) is 0 Å². The quantitative estimate of drug-likeness (QED) is 0.940. The first-order chi connectivity index (χ1) is 8.56. The van der Waals surface area contributed by atoms with Crippen LogP contribution in [0.2, 0.25) is 4.34 Å². The van der Waals surface area contributed by atoms with Gasteiger partial charge in [-0.25, -0.2) is 0 Å². The molecular weight excluding hydrogens is 272 g/mol. The highest BCUT2D eigenvalue weighted by Gasteiger charge is 2.12. The summed E-state index contributed by atoms with van der Waals surface area (Å²) in [6, 6.07) is 6.55. The van der Waals surface area contributed by atoms with E-state index in [0.717, 1.165) is 4.88 Å². The van der Waals surface area contributed by atoms with Crippen LogP contribution in [0.15, 0.2) is 35.3 Å². The molecule has 0 atom stereocenters. The molecule has 0 radical (unpaired) electrons. The van der Waals surface area contributed by atoms with Gasteiger partial charge in [0.2, 0.25) is 5.56 Å². The van der Waals surface area contributed by atoms with Gasteiger partial charge in [0.25, 0.3) is 5.91 Å². The molecule has 0 bridgehead atoms. The summed E-state index contributed by atoms with van der Waals surface area (Å²) in [7, 11) is 1.71. The van der Waals surface area contributed by atoms with E-state index in [4.69, 9.17) is 11.6 Å². The molecule has 0 fully saturated rings. The topological polar surface area (TPSA) is 53.2 Å². The third-order valence-corrected chi connectivity index (χ3v) is 3.62. The average Bonchev–Trinajstić information content (AvgIpc) is 2.75. The third-order valence-electron chi connectivity index (χ3n) is 2.40. The number of halogens is 1. The lowest BCUT2D eigenvalue weighted by molar-refractivity contribution is 0.0786. The predicted octanol–water partition coefficient (Wildman–Crippen LogP) is 2.36. The van der Waals surface area contributed by atoms with Crippen LogP contribution in [0.1, 0.15) is 15.2 Å². The Kier molecular flexibility index (Phi) is 3.84. The van der Waals surface area contributed by atoms with Gasteiger partial charge in [0.15, 0.2) is 0 Å². The molecule has 0 saturated carbocycles. The molecule has 4 nitrogen and oxygen atoms in total. The van der Waals surface area contributed by atoms with Crippen LogP contribution in [0.4, 0.5) is 0 Å². The summed E-state index contributed by atoms with van der Waals surface area (Å²) < 4.78 is 0.704. The van der Waals surface area contributed by atoms with E-state index in [0.29, 0.717) is 16.4 Å². The van der Waals surface area contributed by atoms with Crippen LogP contribution in [-0.2, 0) is 6.54 Å². The Labute approximate surface area is 113 Å². The maximum Gasteiger partial charge on any atom is 0.255 e. The van der Waals surface area contributed by atoms with Crippen molar-refractivity contribution in [2.24, 2.45) is 0 Å². The van der Waals surface area contributed by atoms with E-state index in [-0.39, 0.29) is 11.5 Å². The van der Waals surface area contributed by atoms with Crippen LogP contribution in [0.5, 0.6) is 0 Å². The summed E-state index contributed by atoms with van der Waals surface area (Å²) in [6.07, 6.45) is 1.42. The van der Waals surface area contributed by atoms with Crippen molar-refractivity contribution < 1.29 is 4.79 Å². The van der Waals surface area contributed by atoms with Crippen molar-refractivity contribution in [3.8, 4) is 0 Å². The molecule has 2 aromatic heterocycles. The zero-order valence-corrected chi connectivity index (χ0v) is 11.2. The predicted molar refractivity (Wildman–Crippen MR) is 72.2 cm³/mol. The minimum Gasteiger partial charge on any atom is -0.337 e. The van der Waals surface area contributed by atoms with Crippen molar-refractivity contribution in [1.29, 1.82) is 0 Å². The smallest absolute Gasteiger partial charge is 0.255 e. The molecule has 0 aliphatic heterocycles. The first-order valence-electron chi connectivity index (χ1n) is 5.24. The van der Waals surface area contributed by atoms with Gasteiger partial charge in [-0.1, -0.05) is 11.6 Å². The van der Waals surface area contributed by atoms with Crippen molar-refractivity contribution in [1.82, 2.24) is 9.88 Å². The second-order valence-electron chi connectivity index (χ2n) is 3.81. The summed E-state index contributed by atoms with van der Waals surface area (Å²) in [6.45, 7) is 0.495. The minimum atomic E-state index is -0.223. The van der Waals surface area contributed by atoms with E-state index in [1.54, 1.807) is 18.0 Å². The molecule has 0 spiro atoms. The first kappa shape index (κ1) is 12.9. The number of nitrogens with zero attached hydrogens (tertiary/aromatic N) is 1. The molecule has 1 N–H and O–H groups in total. The van der Waals surface area contributed by atoms with E-state index in [1.807, 2.05) is 6.07 Å². The molecule has 0 aromatic carbocycles. The lowest BCUT2D eigenvalue weighted by Gasteiger charge is -2.15. The zero-order valence-electron chi connectivity index (χ0n) is 9.64. The van der Waals surface area contributed by atoms with Gasteiger partial charge in [0, 0.05) is 24.2 Å². The number of aromatic nitrogens is 1. The lowest BCUT2D eigenvalue weighted by atomic mass is 10.2. The van der Waals surface area contributed by atoms with Gasteiger partial charge in [-0.05, 0) is 18.2 Å². The van der Waals surface area contributed by atoms with Crippen LogP contribution >= 0.6 is 22.9 Å². The molecule has 94 valence electrons. The Morgan fingerprint density at radius 3 is 2.72 bits per heavy atom. The van der Waals surface area contributed by atoms with E-state index in [2.05, 4.69) is 4.98 Å². The lowest BCUT2D eigenvalue weighted by Crippen LogP contribution is -2.26. The molecule has 0 unspecified atom stereocenters. The van der Waals surface area contributed by atoms with Gasteiger partial charge >= 0.3 is 0 Å². The maximum atomic E-state index is 12.0. The number of H-pyrrole nitrogens is 1. The molecular formula is C12H11ClN2O2S. The van der Waals surface area contributed by atoms with Gasteiger partial charge in [-0.3, -0.25) is 9.59 Å². The maximum absolute atomic E-state index is 12.0. The van der Waals surface area contributed by atoms with Crippen LogP contribution in [0.25, 0.3) is 0 Å². The number of aromatic amines is 1. The summed E-state index contributed by atoms with van der Waals surface area (Å²) >= 11 is 7.28. The van der Waals surface area contributed by atoms with Crippen LogP contribution < -0.4 is 5.56 Å². The zero-order chi connectivity index (χ0) is 13.1. The second-order valence-corrected chi connectivity index (χ2v) is 5.61. The third kappa shape index (κ3) is 3.00. The second kappa shape index (κ2) is 5.37. The Bertz CT molecular complexity index is 600. The SMILES string of the molecule is CN(Cc1ccc(Cl)s1)C(=O)c1ccc(=O)[nH]c1.